The number of rotatable bonds is 4. The maximum Gasteiger partial charge on any atom is 0.187 e. The molecule has 34 heavy (non-hydrogen) atoms. The Kier molecular flexibility index (Phi) is 5.29. The standard InChI is InChI=1S/C25H22N6O2S/c32-34(33)23-7-6-20(19-3-1-2-4-21(19)23)22-15-29-31-16-18(14-28-25(22)31)17-5-8-24(27-13-17)30-11-9-26-10-12-30/h1-8,13-16,26H,9-12H2,(H,32,33). The van der Waals surface area contributed by atoms with Crippen LogP contribution in [0.4, 0.5) is 5.82 Å². The molecule has 5 aromatic rings. The highest BCUT2D eigenvalue weighted by Gasteiger charge is 2.16. The first kappa shape index (κ1) is 20.9. The molecule has 6 rings (SSSR count). The van der Waals surface area contributed by atoms with Crippen LogP contribution in [0.15, 0.2) is 78.2 Å². The molecule has 1 aliphatic heterocycles. The largest absolute Gasteiger partial charge is 0.354 e. The van der Waals surface area contributed by atoms with E-state index in [9.17, 15) is 8.76 Å². The van der Waals surface area contributed by atoms with E-state index in [2.05, 4.69) is 32.4 Å². The van der Waals surface area contributed by atoms with Crippen LogP contribution >= 0.6 is 0 Å². The first-order chi connectivity index (χ1) is 16.7. The van der Waals surface area contributed by atoms with Crippen molar-refractivity contribution in [1.29, 1.82) is 0 Å². The molecule has 0 radical (unpaired) electrons. The summed E-state index contributed by atoms with van der Waals surface area (Å²) in [6.07, 6.45) is 7.45. The number of pyridine rings is 1. The monoisotopic (exact) mass is 470 g/mol. The zero-order chi connectivity index (χ0) is 23.1. The van der Waals surface area contributed by atoms with E-state index in [1.807, 2.05) is 48.9 Å². The van der Waals surface area contributed by atoms with Crippen molar-refractivity contribution in [2.24, 2.45) is 0 Å². The van der Waals surface area contributed by atoms with Crippen molar-refractivity contribution in [3.8, 4) is 22.3 Å². The molecule has 0 spiro atoms. The summed E-state index contributed by atoms with van der Waals surface area (Å²) >= 11 is -2.06. The predicted octanol–water partition coefficient (Wildman–Crippen LogP) is 3.60. The highest BCUT2D eigenvalue weighted by atomic mass is 32.2. The third kappa shape index (κ3) is 3.63. The van der Waals surface area contributed by atoms with Crippen molar-refractivity contribution in [2.75, 3.05) is 31.1 Å². The van der Waals surface area contributed by atoms with Crippen LogP contribution in [0.3, 0.4) is 0 Å². The molecule has 0 amide bonds. The number of fused-ring (bicyclic) bond motifs is 2. The molecule has 2 N–H and O–H groups in total. The SMILES string of the molecule is O=S(O)c1ccc(-c2cnn3cc(-c4ccc(N5CCNCC5)nc4)cnc23)c2ccccc12. The van der Waals surface area contributed by atoms with Crippen LogP contribution in [0.25, 0.3) is 38.7 Å². The van der Waals surface area contributed by atoms with Gasteiger partial charge in [-0.05, 0) is 29.1 Å². The molecule has 4 heterocycles. The molecule has 1 aliphatic rings. The first-order valence-corrected chi connectivity index (χ1v) is 12.2. The first-order valence-electron chi connectivity index (χ1n) is 11.1. The number of nitrogens with one attached hydrogen (secondary N) is 1. The molecule has 1 unspecified atom stereocenters. The Morgan fingerprint density at radius 3 is 2.41 bits per heavy atom. The summed E-state index contributed by atoms with van der Waals surface area (Å²) < 4.78 is 23.2. The van der Waals surface area contributed by atoms with E-state index in [-0.39, 0.29) is 0 Å². The van der Waals surface area contributed by atoms with Gasteiger partial charge in [0.15, 0.2) is 16.7 Å². The van der Waals surface area contributed by atoms with E-state index in [0.717, 1.165) is 70.7 Å². The maximum atomic E-state index is 11.8. The lowest BCUT2D eigenvalue weighted by molar-refractivity contribution is 0.565. The van der Waals surface area contributed by atoms with Crippen LogP contribution in [0.5, 0.6) is 0 Å². The molecule has 3 aromatic heterocycles. The number of hydrogen-bond acceptors (Lipinski definition) is 6. The van der Waals surface area contributed by atoms with Gasteiger partial charge in [0, 0.05) is 66.8 Å². The van der Waals surface area contributed by atoms with E-state index in [0.29, 0.717) is 4.90 Å². The summed E-state index contributed by atoms with van der Waals surface area (Å²) in [5.41, 5.74) is 4.41. The molecular weight excluding hydrogens is 448 g/mol. The molecule has 0 saturated carbocycles. The minimum atomic E-state index is -2.06. The Labute approximate surface area is 198 Å². The highest BCUT2D eigenvalue weighted by Crippen LogP contribution is 2.34. The van der Waals surface area contributed by atoms with Gasteiger partial charge in [0.25, 0.3) is 0 Å². The summed E-state index contributed by atoms with van der Waals surface area (Å²) in [5.74, 6) is 0.986. The molecule has 8 nitrogen and oxygen atoms in total. The van der Waals surface area contributed by atoms with Crippen molar-refractivity contribution < 1.29 is 8.76 Å². The van der Waals surface area contributed by atoms with E-state index < -0.39 is 11.1 Å². The summed E-state index contributed by atoms with van der Waals surface area (Å²) in [6, 6.07) is 15.3. The summed E-state index contributed by atoms with van der Waals surface area (Å²) in [6.45, 7) is 3.86. The molecule has 0 bridgehead atoms. The summed E-state index contributed by atoms with van der Waals surface area (Å²) in [5, 5.41) is 9.53. The third-order valence-electron chi connectivity index (χ3n) is 6.24. The van der Waals surface area contributed by atoms with Gasteiger partial charge in [0.05, 0.1) is 11.1 Å². The zero-order valence-electron chi connectivity index (χ0n) is 18.3. The van der Waals surface area contributed by atoms with Crippen molar-refractivity contribution in [3.05, 3.63) is 73.3 Å². The molecule has 1 atom stereocenters. The minimum absolute atomic E-state index is 0.392. The van der Waals surface area contributed by atoms with Crippen molar-refractivity contribution in [3.63, 3.8) is 0 Å². The van der Waals surface area contributed by atoms with Crippen LogP contribution in [0, 0.1) is 0 Å². The lowest BCUT2D eigenvalue weighted by Crippen LogP contribution is -2.43. The second-order valence-electron chi connectivity index (χ2n) is 8.22. The Morgan fingerprint density at radius 2 is 1.65 bits per heavy atom. The fourth-order valence-corrected chi connectivity index (χ4v) is 5.06. The van der Waals surface area contributed by atoms with E-state index in [4.69, 9.17) is 4.98 Å². The van der Waals surface area contributed by atoms with Gasteiger partial charge in [0.2, 0.25) is 0 Å². The smallest absolute Gasteiger partial charge is 0.187 e. The van der Waals surface area contributed by atoms with Crippen LogP contribution in [-0.2, 0) is 11.1 Å². The maximum absolute atomic E-state index is 11.8. The minimum Gasteiger partial charge on any atom is -0.354 e. The molecule has 170 valence electrons. The van der Waals surface area contributed by atoms with Crippen LogP contribution in [0.1, 0.15) is 0 Å². The van der Waals surface area contributed by atoms with Gasteiger partial charge in [-0.2, -0.15) is 5.10 Å². The molecule has 1 fully saturated rings. The Morgan fingerprint density at radius 1 is 0.853 bits per heavy atom. The topological polar surface area (TPSA) is 95.6 Å². The fourth-order valence-electron chi connectivity index (χ4n) is 4.51. The van der Waals surface area contributed by atoms with Crippen molar-refractivity contribution in [2.45, 2.75) is 4.90 Å². The predicted molar refractivity (Wildman–Crippen MR) is 133 cm³/mol. The second kappa shape index (κ2) is 8.60. The van der Waals surface area contributed by atoms with Gasteiger partial charge in [0.1, 0.15) is 5.82 Å². The van der Waals surface area contributed by atoms with Gasteiger partial charge in [-0.15, -0.1) is 0 Å². The Bertz CT molecular complexity index is 1530. The fraction of sp³-hybridized carbons (Fsp3) is 0.160. The van der Waals surface area contributed by atoms with Crippen LogP contribution in [0.2, 0.25) is 0 Å². The lowest BCUT2D eigenvalue weighted by Gasteiger charge is -2.28. The van der Waals surface area contributed by atoms with Gasteiger partial charge in [-0.3, -0.25) is 0 Å². The summed E-state index contributed by atoms with van der Waals surface area (Å²) in [4.78, 5) is 12.1. The molecule has 1 saturated heterocycles. The molecular formula is C25H22N6O2S. The van der Waals surface area contributed by atoms with E-state index >= 15 is 0 Å². The number of benzene rings is 2. The number of nitrogens with zero attached hydrogens (tertiary/aromatic N) is 5. The average Bonchev–Trinajstić information content (AvgIpc) is 3.31. The van der Waals surface area contributed by atoms with Crippen molar-refractivity contribution in [1.82, 2.24) is 24.9 Å². The van der Waals surface area contributed by atoms with Crippen molar-refractivity contribution >= 4 is 33.3 Å². The Balaban J connectivity index is 1.37. The number of piperazine rings is 1. The number of hydrogen-bond donors (Lipinski definition) is 2. The molecule has 2 aromatic carbocycles. The van der Waals surface area contributed by atoms with Crippen LogP contribution in [-0.4, -0.2) is 54.5 Å². The van der Waals surface area contributed by atoms with Gasteiger partial charge >= 0.3 is 0 Å². The number of aromatic nitrogens is 4. The quantitative estimate of drug-likeness (QED) is 0.388. The normalized spacial score (nSPS) is 15.1. The van der Waals surface area contributed by atoms with E-state index in [1.165, 1.54) is 0 Å². The third-order valence-corrected chi connectivity index (χ3v) is 6.97. The average molecular weight is 471 g/mol. The van der Waals surface area contributed by atoms with Gasteiger partial charge < -0.3 is 14.8 Å². The van der Waals surface area contributed by atoms with Crippen LogP contribution < -0.4 is 10.2 Å². The lowest BCUT2D eigenvalue weighted by atomic mass is 10.00. The van der Waals surface area contributed by atoms with Gasteiger partial charge in [-0.1, -0.05) is 30.3 Å². The molecule has 0 aliphatic carbocycles. The number of anilines is 1. The molecule has 9 heteroatoms. The van der Waals surface area contributed by atoms with Gasteiger partial charge in [-0.25, -0.2) is 18.7 Å². The zero-order valence-corrected chi connectivity index (χ0v) is 19.1. The Hall–Kier alpha value is -3.66. The summed E-state index contributed by atoms with van der Waals surface area (Å²) in [7, 11) is 0. The second-order valence-corrected chi connectivity index (χ2v) is 9.16. The van der Waals surface area contributed by atoms with E-state index in [1.54, 1.807) is 16.8 Å². The highest BCUT2D eigenvalue weighted by molar-refractivity contribution is 7.79.